The van der Waals surface area contributed by atoms with E-state index in [1.54, 1.807) is 4.90 Å². The maximum atomic E-state index is 13.1. The smallest absolute Gasteiger partial charge is 0.410 e. The fourth-order valence-corrected chi connectivity index (χ4v) is 6.39. The SMILES string of the molecule is C=CCOC(=O)N1C[C@H](O[Si](C)(C)C(C)(C)C)C[C@H]1C(NS(=O)(=O)N1CCOCC1)=C(C)C. The van der Waals surface area contributed by atoms with Crippen molar-refractivity contribution in [3.05, 3.63) is 23.9 Å². The number of nitrogens with one attached hydrogen (secondary N) is 1. The summed E-state index contributed by atoms with van der Waals surface area (Å²) in [4.78, 5) is 14.5. The molecule has 2 rings (SSSR count). The summed E-state index contributed by atoms with van der Waals surface area (Å²) in [6.07, 6.45) is 1.28. The molecule has 0 saturated carbocycles. The van der Waals surface area contributed by atoms with Crippen LogP contribution >= 0.6 is 0 Å². The number of allylic oxidation sites excluding steroid dienone is 1. The second-order valence-corrected chi connectivity index (χ2v) is 16.7. The summed E-state index contributed by atoms with van der Waals surface area (Å²) in [5.41, 5.74) is 1.27. The lowest BCUT2D eigenvalue weighted by Crippen LogP contribution is -2.49. The van der Waals surface area contributed by atoms with Gasteiger partial charge < -0.3 is 13.9 Å². The molecule has 190 valence electrons. The normalized spacial score (nSPS) is 22.7. The van der Waals surface area contributed by atoms with Crippen molar-refractivity contribution in [3.63, 3.8) is 0 Å². The second-order valence-electron chi connectivity index (χ2n) is 10.3. The highest BCUT2D eigenvalue weighted by Crippen LogP contribution is 2.39. The van der Waals surface area contributed by atoms with Crippen molar-refractivity contribution in [1.29, 1.82) is 0 Å². The van der Waals surface area contributed by atoms with Crippen molar-refractivity contribution >= 4 is 24.6 Å². The van der Waals surface area contributed by atoms with E-state index in [0.29, 0.717) is 31.9 Å². The van der Waals surface area contributed by atoms with Gasteiger partial charge in [0.2, 0.25) is 0 Å². The molecule has 33 heavy (non-hydrogen) atoms. The van der Waals surface area contributed by atoms with E-state index < -0.39 is 30.7 Å². The van der Waals surface area contributed by atoms with Crippen molar-refractivity contribution in [3.8, 4) is 0 Å². The Morgan fingerprint density at radius 2 is 1.85 bits per heavy atom. The molecule has 2 aliphatic rings. The maximum absolute atomic E-state index is 13.1. The first-order valence-electron chi connectivity index (χ1n) is 11.4. The summed E-state index contributed by atoms with van der Waals surface area (Å²) >= 11 is 0. The minimum absolute atomic E-state index is 0.0104. The first-order chi connectivity index (χ1) is 15.2. The highest BCUT2D eigenvalue weighted by atomic mass is 32.2. The average molecular weight is 504 g/mol. The van der Waals surface area contributed by atoms with Crippen LogP contribution in [-0.4, -0.2) is 83.6 Å². The van der Waals surface area contributed by atoms with Crippen LogP contribution in [0.25, 0.3) is 0 Å². The summed E-state index contributed by atoms with van der Waals surface area (Å²) in [7, 11) is -5.89. The van der Waals surface area contributed by atoms with E-state index in [9.17, 15) is 13.2 Å². The lowest BCUT2D eigenvalue weighted by molar-refractivity contribution is 0.0725. The number of amides is 1. The molecule has 2 saturated heterocycles. The lowest BCUT2D eigenvalue weighted by Gasteiger charge is -2.38. The molecular weight excluding hydrogens is 462 g/mol. The Balaban J connectivity index is 2.32. The minimum Gasteiger partial charge on any atom is -0.445 e. The van der Waals surface area contributed by atoms with Gasteiger partial charge in [0.1, 0.15) is 6.61 Å². The van der Waals surface area contributed by atoms with Gasteiger partial charge in [0, 0.05) is 31.8 Å². The van der Waals surface area contributed by atoms with Crippen LogP contribution in [-0.2, 0) is 24.1 Å². The molecule has 1 amide bonds. The Morgan fingerprint density at radius 3 is 2.36 bits per heavy atom. The summed E-state index contributed by atoms with van der Waals surface area (Å²) in [5.74, 6) is 0. The first kappa shape index (κ1) is 27.8. The van der Waals surface area contributed by atoms with Gasteiger partial charge in [0.05, 0.1) is 25.4 Å². The van der Waals surface area contributed by atoms with Gasteiger partial charge in [-0.2, -0.15) is 12.7 Å². The van der Waals surface area contributed by atoms with Crippen molar-refractivity contribution in [1.82, 2.24) is 13.9 Å². The predicted octanol–water partition coefficient (Wildman–Crippen LogP) is 3.23. The van der Waals surface area contributed by atoms with E-state index >= 15 is 0 Å². The number of nitrogens with zero attached hydrogens (tertiary/aromatic N) is 2. The zero-order valence-corrected chi connectivity index (χ0v) is 23.0. The predicted molar refractivity (Wildman–Crippen MR) is 132 cm³/mol. The number of carbonyl (C=O) groups excluding carboxylic acids is 1. The third-order valence-corrected chi connectivity index (χ3v) is 12.6. The van der Waals surface area contributed by atoms with Crippen molar-refractivity contribution in [2.45, 2.75) is 71.3 Å². The molecule has 0 aromatic rings. The molecule has 0 radical (unpaired) electrons. The minimum atomic E-state index is -3.79. The number of hydrogen-bond acceptors (Lipinski definition) is 6. The molecule has 0 spiro atoms. The number of carbonyl (C=O) groups is 1. The van der Waals surface area contributed by atoms with Crippen molar-refractivity contribution in [2.24, 2.45) is 0 Å². The van der Waals surface area contributed by atoms with E-state index in [2.05, 4.69) is 45.2 Å². The van der Waals surface area contributed by atoms with E-state index in [4.69, 9.17) is 13.9 Å². The summed E-state index contributed by atoms with van der Waals surface area (Å²) < 4.78 is 47.5. The van der Waals surface area contributed by atoms with Crippen LogP contribution in [0.5, 0.6) is 0 Å². The molecule has 0 aliphatic carbocycles. The number of rotatable bonds is 8. The van der Waals surface area contributed by atoms with Gasteiger partial charge in [0.25, 0.3) is 0 Å². The Morgan fingerprint density at radius 1 is 1.24 bits per heavy atom. The second kappa shape index (κ2) is 10.9. The van der Waals surface area contributed by atoms with E-state index in [-0.39, 0.29) is 30.8 Å². The molecule has 0 aromatic heterocycles. The Kier molecular flexibility index (Phi) is 9.19. The van der Waals surface area contributed by atoms with E-state index in [1.165, 1.54) is 10.4 Å². The van der Waals surface area contributed by atoms with Gasteiger partial charge in [0.15, 0.2) is 8.32 Å². The number of morpholine rings is 1. The summed E-state index contributed by atoms with van der Waals surface area (Å²) in [6.45, 7) is 19.8. The average Bonchev–Trinajstić information content (AvgIpc) is 3.12. The third kappa shape index (κ3) is 7.04. The van der Waals surface area contributed by atoms with Crippen molar-refractivity contribution in [2.75, 3.05) is 39.5 Å². The van der Waals surface area contributed by atoms with E-state index in [1.807, 2.05) is 13.8 Å². The topological polar surface area (TPSA) is 97.4 Å². The molecule has 2 fully saturated rings. The number of ether oxygens (including phenoxy) is 2. The Bertz CT molecular complexity index is 843. The molecular formula is C22H41N3O6SSi. The van der Waals surface area contributed by atoms with Gasteiger partial charge in [-0.15, -0.1) is 0 Å². The van der Waals surface area contributed by atoms with Crippen LogP contribution in [0.15, 0.2) is 23.9 Å². The Labute approximate surface area is 200 Å². The number of hydrogen-bond donors (Lipinski definition) is 1. The number of likely N-dealkylation sites (tertiary alicyclic amines) is 1. The molecule has 2 atom stereocenters. The van der Waals surface area contributed by atoms with Gasteiger partial charge in [-0.3, -0.25) is 9.62 Å². The fourth-order valence-electron chi connectivity index (χ4n) is 3.66. The fraction of sp³-hybridized carbons (Fsp3) is 0.773. The van der Waals surface area contributed by atoms with Crippen LogP contribution in [0.3, 0.4) is 0 Å². The quantitative estimate of drug-likeness (QED) is 0.403. The van der Waals surface area contributed by atoms with Crippen LogP contribution < -0.4 is 4.72 Å². The molecule has 0 bridgehead atoms. The molecule has 0 unspecified atom stereocenters. The largest absolute Gasteiger partial charge is 0.445 e. The first-order valence-corrected chi connectivity index (χ1v) is 15.8. The molecule has 11 heteroatoms. The zero-order valence-electron chi connectivity index (χ0n) is 21.1. The van der Waals surface area contributed by atoms with Gasteiger partial charge in [-0.05, 0) is 32.0 Å². The van der Waals surface area contributed by atoms with E-state index in [0.717, 1.165) is 5.57 Å². The van der Waals surface area contributed by atoms with Crippen molar-refractivity contribution < 1.29 is 27.1 Å². The highest BCUT2D eigenvalue weighted by Gasteiger charge is 2.45. The standard InChI is InChI=1S/C22H41N3O6SSi/c1-9-12-30-21(26)25-16-18(31-33(7,8)22(4,5)6)15-19(25)20(17(2)3)23-32(27,28)24-10-13-29-14-11-24/h9,18-19,23H,1,10-16H2,2-8H3/t18-,19+/m1/s1. The maximum Gasteiger partial charge on any atom is 0.410 e. The Hall–Kier alpha value is -1.40. The lowest BCUT2D eigenvalue weighted by atomic mass is 10.1. The van der Waals surface area contributed by atoms with Crippen LogP contribution in [0.2, 0.25) is 18.1 Å². The monoisotopic (exact) mass is 503 g/mol. The van der Waals surface area contributed by atoms with Crippen LogP contribution in [0.1, 0.15) is 41.0 Å². The molecule has 0 aromatic carbocycles. The molecule has 2 aliphatic heterocycles. The van der Waals surface area contributed by atoms with Crippen LogP contribution in [0.4, 0.5) is 4.79 Å². The zero-order chi connectivity index (χ0) is 25.0. The summed E-state index contributed by atoms with van der Waals surface area (Å²) in [6, 6.07) is -0.502. The molecule has 1 N–H and O–H groups in total. The van der Waals surface area contributed by atoms with Gasteiger partial charge in [-0.25, -0.2) is 4.79 Å². The van der Waals surface area contributed by atoms with Gasteiger partial charge in [-0.1, -0.05) is 39.0 Å². The summed E-state index contributed by atoms with van der Waals surface area (Å²) in [5, 5.41) is 0.0104. The molecule has 9 nitrogen and oxygen atoms in total. The van der Waals surface area contributed by atoms with Gasteiger partial charge >= 0.3 is 16.3 Å². The molecule has 2 heterocycles. The third-order valence-electron chi connectivity index (χ3n) is 6.51. The highest BCUT2D eigenvalue weighted by molar-refractivity contribution is 7.87. The van der Waals surface area contributed by atoms with Crippen LogP contribution in [0, 0.1) is 0 Å².